The molecule has 3 aromatic rings. The number of hydrogen-bond acceptors (Lipinski definition) is 6. The molecular weight excluding hydrogens is 450 g/mol. The number of benzene rings is 2. The molecule has 0 spiro atoms. The maximum atomic E-state index is 14.3. The highest BCUT2D eigenvalue weighted by Gasteiger charge is 2.31. The van der Waals surface area contributed by atoms with Crippen molar-refractivity contribution in [1.29, 1.82) is 5.26 Å². The standard InChI is InChI=1S/C26H26F2N6O/c1-16-8-9-18(25(35)31-14-17-6-4-3-5-7-17)15-34(16)24-12-23(32-26(30-2)33-24)19-10-21(27)20(13-29)22(28)11-19/h3-7,10-12,16,18H,8-9,14-15H2,1-2H3,(H,31,35)(H,30,32,33). The third-order valence-electron chi connectivity index (χ3n) is 6.24. The molecule has 7 nitrogen and oxygen atoms in total. The Balaban J connectivity index is 1.58. The molecule has 0 aliphatic carbocycles. The van der Waals surface area contributed by atoms with Crippen molar-refractivity contribution >= 4 is 17.7 Å². The van der Waals surface area contributed by atoms with E-state index in [9.17, 15) is 13.6 Å². The molecule has 1 aromatic heterocycles. The number of anilines is 2. The van der Waals surface area contributed by atoms with Gasteiger partial charge in [0.05, 0.1) is 11.6 Å². The van der Waals surface area contributed by atoms with E-state index in [4.69, 9.17) is 5.26 Å². The van der Waals surface area contributed by atoms with Crippen LogP contribution in [0.25, 0.3) is 11.3 Å². The Morgan fingerprint density at radius 1 is 1.14 bits per heavy atom. The molecule has 2 unspecified atom stereocenters. The van der Waals surface area contributed by atoms with Gasteiger partial charge in [-0.2, -0.15) is 10.2 Å². The third-order valence-corrected chi connectivity index (χ3v) is 6.24. The topological polar surface area (TPSA) is 93.9 Å². The van der Waals surface area contributed by atoms with Gasteiger partial charge in [0, 0.05) is 37.8 Å². The number of nitrogens with zero attached hydrogens (tertiary/aromatic N) is 4. The third kappa shape index (κ3) is 5.38. The summed E-state index contributed by atoms with van der Waals surface area (Å²) in [6.07, 6.45) is 1.54. The quantitative estimate of drug-likeness (QED) is 0.552. The first-order valence-corrected chi connectivity index (χ1v) is 11.4. The van der Waals surface area contributed by atoms with Crippen molar-refractivity contribution < 1.29 is 13.6 Å². The number of aromatic nitrogens is 2. The fourth-order valence-corrected chi connectivity index (χ4v) is 4.24. The molecular formula is C26H26F2N6O. The zero-order valence-electron chi connectivity index (χ0n) is 19.6. The average Bonchev–Trinajstić information content (AvgIpc) is 2.87. The number of piperidine rings is 1. The fourth-order valence-electron chi connectivity index (χ4n) is 4.24. The number of nitriles is 1. The van der Waals surface area contributed by atoms with Crippen LogP contribution in [0.4, 0.5) is 20.5 Å². The van der Waals surface area contributed by atoms with Crippen molar-refractivity contribution in [1.82, 2.24) is 15.3 Å². The van der Waals surface area contributed by atoms with Crippen LogP contribution < -0.4 is 15.5 Å². The van der Waals surface area contributed by atoms with Gasteiger partial charge in [0.2, 0.25) is 11.9 Å². The molecule has 0 radical (unpaired) electrons. The summed E-state index contributed by atoms with van der Waals surface area (Å²) in [6.45, 7) is 2.97. The van der Waals surface area contributed by atoms with Gasteiger partial charge in [-0.15, -0.1) is 0 Å². The second-order valence-corrected chi connectivity index (χ2v) is 8.59. The predicted octanol–water partition coefficient (Wildman–Crippen LogP) is 4.26. The van der Waals surface area contributed by atoms with E-state index < -0.39 is 17.2 Å². The lowest BCUT2D eigenvalue weighted by molar-refractivity contribution is -0.125. The van der Waals surface area contributed by atoms with E-state index in [1.54, 1.807) is 13.1 Å². The van der Waals surface area contributed by atoms with Crippen molar-refractivity contribution in [3.05, 3.63) is 71.3 Å². The lowest BCUT2D eigenvalue weighted by Gasteiger charge is -2.38. The second-order valence-electron chi connectivity index (χ2n) is 8.59. The van der Waals surface area contributed by atoms with Crippen molar-refractivity contribution in [3.8, 4) is 17.3 Å². The number of carbonyl (C=O) groups excluding carboxylic acids is 1. The Morgan fingerprint density at radius 2 is 1.86 bits per heavy atom. The Bertz CT molecular complexity index is 1240. The average molecular weight is 477 g/mol. The molecule has 1 amide bonds. The molecule has 0 bridgehead atoms. The highest BCUT2D eigenvalue weighted by atomic mass is 19.1. The molecule has 180 valence electrons. The van der Waals surface area contributed by atoms with Crippen LogP contribution in [0, 0.1) is 28.9 Å². The van der Waals surface area contributed by atoms with Crippen LogP contribution >= 0.6 is 0 Å². The molecule has 2 heterocycles. The van der Waals surface area contributed by atoms with E-state index in [1.165, 1.54) is 6.07 Å². The van der Waals surface area contributed by atoms with Gasteiger partial charge in [0.15, 0.2) is 0 Å². The highest BCUT2D eigenvalue weighted by Crippen LogP contribution is 2.31. The van der Waals surface area contributed by atoms with Crippen LogP contribution in [-0.4, -0.2) is 35.5 Å². The largest absolute Gasteiger partial charge is 0.357 e. The molecule has 2 N–H and O–H groups in total. The first kappa shape index (κ1) is 24.1. The molecule has 9 heteroatoms. The Hall–Kier alpha value is -4.06. The Labute approximate surface area is 202 Å². The molecule has 2 atom stereocenters. The number of nitrogens with one attached hydrogen (secondary N) is 2. The van der Waals surface area contributed by atoms with E-state index in [2.05, 4.69) is 27.5 Å². The number of carbonyl (C=O) groups is 1. The van der Waals surface area contributed by atoms with Gasteiger partial charge >= 0.3 is 0 Å². The van der Waals surface area contributed by atoms with Gasteiger partial charge in [-0.1, -0.05) is 30.3 Å². The molecule has 1 aliphatic heterocycles. The first-order valence-electron chi connectivity index (χ1n) is 11.4. The van der Waals surface area contributed by atoms with E-state index in [-0.39, 0.29) is 29.4 Å². The van der Waals surface area contributed by atoms with Crippen LogP contribution in [0.1, 0.15) is 30.9 Å². The Morgan fingerprint density at radius 3 is 2.51 bits per heavy atom. The van der Waals surface area contributed by atoms with Crippen LogP contribution in [0.15, 0.2) is 48.5 Å². The van der Waals surface area contributed by atoms with Crippen LogP contribution in [0.3, 0.4) is 0 Å². The van der Waals surface area contributed by atoms with Gasteiger partial charge in [-0.25, -0.2) is 13.8 Å². The molecule has 0 saturated carbocycles. The van der Waals surface area contributed by atoms with Gasteiger partial charge in [-0.3, -0.25) is 4.79 Å². The minimum absolute atomic E-state index is 0.0230. The number of hydrogen-bond donors (Lipinski definition) is 2. The smallest absolute Gasteiger partial charge is 0.225 e. The number of amides is 1. The molecule has 1 saturated heterocycles. The van der Waals surface area contributed by atoms with E-state index >= 15 is 0 Å². The lowest BCUT2D eigenvalue weighted by atomic mass is 9.92. The van der Waals surface area contributed by atoms with E-state index in [0.717, 1.165) is 30.5 Å². The summed E-state index contributed by atoms with van der Waals surface area (Å²) in [4.78, 5) is 23.8. The minimum Gasteiger partial charge on any atom is -0.357 e. The summed E-state index contributed by atoms with van der Waals surface area (Å²) in [5.41, 5.74) is 0.902. The van der Waals surface area contributed by atoms with Gasteiger partial charge in [-0.05, 0) is 37.5 Å². The molecule has 1 aliphatic rings. The molecule has 2 aromatic carbocycles. The zero-order chi connectivity index (χ0) is 24.9. The highest BCUT2D eigenvalue weighted by molar-refractivity contribution is 5.79. The van der Waals surface area contributed by atoms with Gasteiger partial charge in [0.1, 0.15) is 29.1 Å². The maximum Gasteiger partial charge on any atom is 0.225 e. The van der Waals surface area contributed by atoms with E-state index in [0.29, 0.717) is 24.6 Å². The minimum atomic E-state index is -0.949. The number of halogens is 2. The maximum absolute atomic E-state index is 14.3. The van der Waals surface area contributed by atoms with Crippen LogP contribution in [0.5, 0.6) is 0 Å². The molecule has 35 heavy (non-hydrogen) atoms. The summed E-state index contributed by atoms with van der Waals surface area (Å²) in [5.74, 6) is -1.31. The first-order chi connectivity index (χ1) is 16.9. The molecule has 4 rings (SSSR count). The SMILES string of the molecule is CNc1nc(-c2cc(F)c(C#N)c(F)c2)cc(N2CC(C(=O)NCc3ccccc3)CCC2C)n1. The van der Waals surface area contributed by atoms with Gasteiger partial charge in [0.25, 0.3) is 0 Å². The molecule has 1 fully saturated rings. The summed E-state index contributed by atoms with van der Waals surface area (Å²) in [5, 5.41) is 14.9. The van der Waals surface area contributed by atoms with Crippen molar-refractivity contribution in [3.63, 3.8) is 0 Å². The summed E-state index contributed by atoms with van der Waals surface area (Å²) >= 11 is 0. The van der Waals surface area contributed by atoms with E-state index in [1.807, 2.05) is 35.2 Å². The van der Waals surface area contributed by atoms with Crippen molar-refractivity contribution in [2.24, 2.45) is 5.92 Å². The second kappa shape index (κ2) is 10.5. The van der Waals surface area contributed by atoms with Crippen molar-refractivity contribution in [2.75, 3.05) is 23.8 Å². The monoisotopic (exact) mass is 476 g/mol. The van der Waals surface area contributed by atoms with Crippen LogP contribution in [0.2, 0.25) is 0 Å². The van der Waals surface area contributed by atoms with Crippen molar-refractivity contribution in [2.45, 2.75) is 32.4 Å². The Kier molecular flexibility index (Phi) is 7.20. The number of rotatable bonds is 6. The van der Waals surface area contributed by atoms with Gasteiger partial charge < -0.3 is 15.5 Å². The zero-order valence-corrected chi connectivity index (χ0v) is 19.6. The normalized spacial score (nSPS) is 17.5. The lowest BCUT2D eigenvalue weighted by Crippen LogP contribution is -2.47. The fraction of sp³-hybridized carbons (Fsp3) is 0.308. The summed E-state index contributed by atoms with van der Waals surface area (Å²) in [7, 11) is 1.66. The summed E-state index contributed by atoms with van der Waals surface area (Å²) in [6, 6.07) is 15.2. The summed E-state index contributed by atoms with van der Waals surface area (Å²) < 4.78 is 28.5. The predicted molar refractivity (Wildman–Crippen MR) is 129 cm³/mol. The van der Waals surface area contributed by atoms with Crippen LogP contribution in [-0.2, 0) is 11.3 Å².